The van der Waals surface area contributed by atoms with Crippen molar-refractivity contribution in [3.63, 3.8) is 0 Å². The van der Waals surface area contributed by atoms with E-state index in [1.807, 2.05) is 24.3 Å². The number of fused-ring (bicyclic) bond motifs is 1. The molecule has 3 rings (SSSR count). The van der Waals surface area contributed by atoms with E-state index in [9.17, 15) is 4.79 Å². The Morgan fingerprint density at radius 2 is 2.00 bits per heavy atom. The summed E-state index contributed by atoms with van der Waals surface area (Å²) in [7, 11) is 0. The van der Waals surface area contributed by atoms with Crippen LogP contribution in [0.2, 0.25) is 5.02 Å². The molecule has 1 aromatic heterocycles. The van der Waals surface area contributed by atoms with Crippen LogP contribution in [0.5, 0.6) is 5.75 Å². The first-order valence-corrected chi connectivity index (χ1v) is 6.52. The molecule has 5 nitrogen and oxygen atoms in total. The number of aromatic carboxylic acids is 1. The molecule has 106 valence electrons. The van der Waals surface area contributed by atoms with E-state index in [1.165, 1.54) is 6.07 Å². The van der Waals surface area contributed by atoms with Gasteiger partial charge in [0.2, 0.25) is 0 Å². The number of rotatable bonds is 4. The number of aromatic nitrogens is 1. The highest BCUT2D eigenvalue weighted by atomic mass is 35.5. The van der Waals surface area contributed by atoms with E-state index in [-0.39, 0.29) is 12.3 Å². The fourth-order valence-electron chi connectivity index (χ4n) is 1.99. The lowest BCUT2D eigenvalue weighted by Crippen LogP contribution is -1.96. The molecule has 0 aliphatic heterocycles. The summed E-state index contributed by atoms with van der Waals surface area (Å²) in [6.45, 7) is 0.0892. The van der Waals surface area contributed by atoms with Crippen LogP contribution in [-0.2, 0) is 6.61 Å². The molecule has 0 bridgehead atoms. The second kappa shape index (κ2) is 5.46. The highest BCUT2D eigenvalue weighted by molar-refractivity contribution is 6.35. The van der Waals surface area contributed by atoms with E-state index in [1.54, 1.807) is 12.1 Å². The molecule has 0 spiro atoms. The smallest absolute Gasteiger partial charge is 0.358 e. The SMILES string of the molecule is O=C(O)c1cc(COc2ccc(Cl)c3ccccc23)on1. The summed E-state index contributed by atoms with van der Waals surface area (Å²) in [4.78, 5) is 10.7. The Bertz CT molecular complexity index is 812. The maximum atomic E-state index is 10.7. The van der Waals surface area contributed by atoms with Gasteiger partial charge in [0.15, 0.2) is 11.5 Å². The number of hydrogen-bond acceptors (Lipinski definition) is 4. The van der Waals surface area contributed by atoms with E-state index in [2.05, 4.69) is 5.16 Å². The van der Waals surface area contributed by atoms with Gasteiger partial charge >= 0.3 is 5.97 Å². The van der Waals surface area contributed by atoms with Crippen molar-refractivity contribution in [2.45, 2.75) is 6.61 Å². The number of ether oxygens (including phenoxy) is 1. The number of hydrogen-bond donors (Lipinski definition) is 1. The molecule has 0 aliphatic rings. The van der Waals surface area contributed by atoms with Gasteiger partial charge in [-0.05, 0) is 12.1 Å². The van der Waals surface area contributed by atoms with Crippen molar-refractivity contribution >= 4 is 28.3 Å². The van der Waals surface area contributed by atoms with Crippen LogP contribution in [0.15, 0.2) is 47.0 Å². The molecule has 0 amide bonds. The molecule has 0 unspecified atom stereocenters. The summed E-state index contributed by atoms with van der Waals surface area (Å²) in [5.74, 6) is -0.156. The highest BCUT2D eigenvalue weighted by Gasteiger charge is 2.12. The Balaban J connectivity index is 1.85. The molecule has 0 aliphatic carbocycles. The molecular formula is C15H10ClNO4. The number of halogens is 1. The summed E-state index contributed by atoms with van der Waals surface area (Å²) in [5.41, 5.74) is -0.144. The number of nitrogens with zero attached hydrogens (tertiary/aromatic N) is 1. The van der Waals surface area contributed by atoms with Crippen LogP contribution >= 0.6 is 11.6 Å². The van der Waals surface area contributed by atoms with Crippen molar-refractivity contribution in [1.82, 2.24) is 5.16 Å². The van der Waals surface area contributed by atoms with E-state index < -0.39 is 5.97 Å². The van der Waals surface area contributed by atoms with Gasteiger partial charge in [0.1, 0.15) is 12.4 Å². The van der Waals surface area contributed by atoms with Gasteiger partial charge in [0, 0.05) is 21.9 Å². The zero-order chi connectivity index (χ0) is 14.8. The Morgan fingerprint density at radius 3 is 2.71 bits per heavy atom. The van der Waals surface area contributed by atoms with Crippen LogP contribution in [0.1, 0.15) is 16.2 Å². The maximum absolute atomic E-state index is 10.7. The third-order valence-corrected chi connectivity index (χ3v) is 3.31. The normalized spacial score (nSPS) is 10.7. The minimum atomic E-state index is -1.14. The first kappa shape index (κ1) is 13.5. The van der Waals surface area contributed by atoms with Gasteiger partial charge in [0.05, 0.1) is 0 Å². The Morgan fingerprint density at radius 1 is 1.24 bits per heavy atom. The molecule has 21 heavy (non-hydrogen) atoms. The molecular weight excluding hydrogens is 294 g/mol. The van der Waals surface area contributed by atoms with Crippen LogP contribution < -0.4 is 4.74 Å². The molecule has 6 heteroatoms. The monoisotopic (exact) mass is 303 g/mol. The van der Waals surface area contributed by atoms with Gasteiger partial charge in [-0.3, -0.25) is 0 Å². The standard InChI is InChI=1S/C15H10ClNO4/c16-12-5-6-14(11-4-2-1-3-10(11)12)20-8-9-7-13(15(18)19)17-21-9/h1-7H,8H2,(H,18,19). The van der Waals surface area contributed by atoms with Crippen molar-refractivity contribution in [1.29, 1.82) is 0 Å². The first-order chi connectivity index (χ1) is 10.1. The van der Waals surface area contributed by atoms with E-state index in [4.69, 9.17) is 26.0 Å². The molecule has 0 fully saturated rings. The van der Waals surface area contributed by atoms with Gasteiger partial charge in [-0.2, -0.15) is 0 Å². The Labute approximate surface area is 124 Å². The highest BCUT2D eigenvalue weighted by Crippen LogP contribution is 2.31. The van der Waals surface area contributed by atoms with Gasteiger partial charge in [0.25, 0.3) is 0 Å². The topological polar surface area (TPSA) is 72.6 Å². The number of carbonyl (C=O) groups is 1. The predicted octanol–water partition coefficient (Wildman–Crippen LogP) is 3.76. The van der Waals surface area contributed by atoms with Crippen LogP contribution in [0.4, 0.5) is 0 Å². The molecule has 0 atom stereocenters. The van der Waals surface area contributed by atoms with Gasteiger partial charge in [-0.25, -0.2) is 4.79 Å². The average molecular weight is 304 g/mol. The van der Waals surface area contributed by atoms with E-state index in [0.717, 1.165) is 10.8 Å². The van der Waals surface area contributed by atoms with Crippen molar-refractivity contribution in [2.75, 3.05) is 0 Å². The van der Waals surface area contributed by atoms with E-state index in [0.29, 0.717) is 16.5 Å². The zero-order valence-electron chi connectivity index (χ0n) is 10.7. The molecule has 3 aromatic rings. The van der Waals surface area contributed by atoms with Crippen LogP contribution in [0.25, 0.3) is 10.8 Å². The van der Waals surface area contributed by atoms with Gasteiger partial charge < -0.3 is 14.4 Å². The molecule has 0 saturated carbocycles. The van der Waals surface area contributed by atoms with Crippen molar-refractivity contribution in [3.05, 3.63) is 58.9 Å². The summed E-state index contributed by atoms with van der Waals surface area (Å²) >= 11 is 6.14. The van der Waals surface area contributed by atoms with Crippen LogP contribution in [0.3, 0.4) is 0 Å². The molecule has 0 radical (unpaired) electrons. The van der Waals surface area contributed by atoms with Gasteiger partial charge in [-0.1, -0.05) is 41.0 Å². The van der Waals surface area contributed by atoms with Crippen molar-refractivity contribution in [2.24, 2.45) is 0 Å². The second-order valence-electron chi connectivity index (χ2n) is 4.36. The third kappa shape index (κ3) is 2.68. The van der Waals surface area contributed by atoms with Crippen LogP contribution in [0, 0.1) is 0 Å². The predicted molar refractivity (Wildman–Crippen MR) is 76.8 cm³/mol. The summed E-state index contributed by atoms with van der Waals surface area (Å²) < 4.78 is 10.6. The first-order valence-electron chi connectivity index (χ1n) is 6.14. The fraction of sp³-hybridized carbons (Fsp3) is 0.0667. The van der Waals surface area contributed by atoms with Crippen molar-refractivity contribution in [3.8, 4) is 5.75 Å². The number of carboxylic acid groups (broad SMARTS) is 1. The summed E-state index contributed by atoms with van der Waals surface area (Å²) in [5, 5.41) is 14.6. The molecule has 2 aromatic carbocycles. The summed E-state index contributed by atoms with van der Waals surface area (Å²) in [6, 6.07) is 12.4. The lowest BCUT2D eigenvalue weighted by atomic mass is 10.1. The van der Waals surface area contributed by atoms with Crippen molar-refractivity contribution < 1.29 is 19.2 Å². The third-order valence-electron chi connectivity index (χ3n) is 2.98. The van der Waals surface area contributed by atoms with Crippen LogP contribution in [-0.4, -0.2) is 16.2 Å². The maximum Gasteiger partial charge on any atom is 0.358 e. The Kier molecular flexibility index (Phi) is 3.50. The molecule has 1 N–H and O–H groups in total. The minimum absolute atomic E-state index is 0.0892. The lowest BCUT2D eigenvalue weighted by molar-refractivity contribution is 0.0685. The van der Waals surface area contributed by atoms with Gasteiger partial charge in [-0.15, -0.1) is 0 Å². The largest absolute Gasteiger partial charge is 0.485 e. The second-order valence-corrected chi connectivity index (χ2v) is 4.77. The minimum Gasteiger partial charge on any atom is -0.485 e. The fourth-order valence-corrected chi connectivity index (χ4v) is 2.22. The number of benzene rings is 2. The average Bonchev–Trinajstić information content (AvgIpc) is 2.96. The van der Waals surface area contributed by atoms with E-state index >= 15 is 0 Å². The quantitative estimate of drug-likeness (QED) is 0.794. The zero-order valence-corrected chi connectivity index (χ0v) is 11.5. The number of carboxylic acids is 1. The Hall–Kier alpha value is -2.53. The molecule has 0 saturated heterocycles. The lowest BCUT2D eigenvalue weighted by Gasteiger charge is -2.08. The summed E-state index contributed by atoms with van der Waals surface area (Å²) in [6.07, 6.45) is 0. The molecule has 1 heterocycles.